The van der Waals surface area contributed by atoms with E-state index in [9.17, 15) is 14.7 Å². The number of rotatable bonds is 9. The van der Waals surface area contributed by atoms with E-state index < -0.39 is 23.5 Å². The van der Waals surface area contributed by atoms with Gasteiger partial charge in [0.05, 0.1) is 45.9 Å². The molecule has 33 heavy (non-hydrogen) atoms. The second-order valence-corrected chi connectivity index (χ2v) is 8.62. The van der Waals surface area contributed by atoms with Crippen molar-refractivity contribution in [2.45, 2.75) is 32.9 Å². The average Bonchev–Trinajstić information content (AvgIpc) is 3.03. The van der Waals surface area contributed by atoms with Gasteiger partial charge in [-0.15, -0.1) is 0 Å². The smallest absolute Gasteiger partial charge is 0.295 e. The van der Waals surface area contributed by atoms with Crippen LogP contribution in [0.3, 0.4) is 0 Å². The summed E-state index contributed by atoms with van der Waals surface area (Å²) >= 11 is 0. The molecule has 0 saturated carbocycles. The summed E-state index contributed by atoms with van der Waals surface area (Å²) in [6.45, 7) is 7.28. The van der Waals surface area contributed by atoms with Crippen LogP contribution >= 0.6 is 0 Å². The van der Waals surface area contributed by atoms with Crippen LogP contribution in [0, 0.1) is 0 Å². The van der Waals surface area contributed by atoms with Gasteiger partial charge in [0.15, 0.2) is 0 Å². The van der Waals surface area contributed by atoms with Crippen molar-refractivity contribution < 1.29 is 29.1 Å². The van der Waals surface area contributed by atoms with E-state index in [-0.39, 0.29) is 11.7 Å². The zero-order valence-electron chi connectivity index (χ0n) is 19.9. The minimum atomic E-state index is -0.741. The molecule has 1 amide bonds. The number of ketones is 1. The van der Waals surface area contributed by atoms with Gasteiger partial charge in [-0.2, -0.15) is 0 Å². The summed E-state index contributed by atoms with van der Waals surface area (Å²) in [5.74, 6) is -0.495. The van der Waals surface area contributed by atoms with E-state index in [1.165, 1.54) is 4.90 Å². The monoisotopic (exact) mass is 452 g/mol. The summed E-state index contributed by atoms with van der Waals surface area (Å²) in [6.07, 6.45) is 0.00591. The van der Waals surface area contributed by atoms with Gasteiger partial charge in [0, 0.05) is 5.57 Å². The van der Waals surface area contributed by atoms with Crippen LogP contribution in [0.5, 0.6) is 11.5 Å². The van der Waals surface area contributed by atoms with E-state index in [1.54, 1.807) is 36.4 Å². The molecule has 0 bridgehead atoms. The summed E-state index contributed by atoms with van der Waals surface area (Å²) < 4.78 is 11.2. The van der Waals surface area contributed by atoms with Gasteiger partial charge in [-0.1, -0.05) is 30.0 Å². The molecule has 0 spiro atoms. The Hall–Kier alpha value is -3.32. The van der Waals surface area contributed by atoms with Gasteiger partial charge in [0.2, 0.25) is 5.78 Å². The molecule has 1 N–H and O–H groups in total. The molecule has 2 aromatic carbocycles. The minimum absolute atomic E-state index is 0.00591. The van der Waals surface area contributed by atoms with E-state index >= 15 is 0 Å². The van der Waals surface area contributed by atoms with Crippen LogP contribution in [0.1, 0.15) is 37.9 Å². The highest BCUT2D eigenvalue weighted by atomic mass is 16.5. The van der Waals surface area contributed by atoms with Crippen LogP contribution in [-0.4, -0.2) is 56.5 Å². The third kappa shape index (κ3) is 5.54. The molecule has 1 aliphatic heterocycles. The predicted molar refractivity (Wildman–Crippen MR) is 124 cm³/mol. The molecule has 1 heterocycles. The van der Waals surface area contributed by atoms with E-state index in [1.807, 2.05) is 47.0 Å². The minimum Gasteiger partial charge on any atom is -0.872 e. The molecule has 1 fully saturated rings. The normalized spacial score (nSPS) is 17.8. The Labute approximate surface area is 195 Å². The van der Waals surface area contributed by atoms with Crippen LogP contribution in [0.4, 0.5) is 0 Å². The van der Waals surface area contributed by atoms with Crippen LogP contribution < -0.4 is 19.5 Å². The molecular formula is C26H32N2O5. The van der Waals surface area contributed by atoms with E-state index in [0.717, 1.165) is 4.90 Å². The predicted octanol–water partition coefficient (Wildman–Crippen LogP) is 1.24. The van der Waals surface area contributed by atoms with Gasteiger partial charge < -0.3 is 24.4 Å². The van der Waals surface area contributed by atoms with Crippen molar-refractivity contribution in [3.05, 3.63) is 65.2 Å². The van der Waals surface area contributed by atoms with Crippen molar-refractivity contribution in [3.8, 4) is 11.5 Å². The molecule has 7 heteroatoms. The molecule has 1 aliphatic rings. The van der Waals surface area contributed by atoms with Gasteiger partial charge in [0.1, 0.15) is 11.5 Å². The Morgan fingerprint density at radius 1 is 1.03 bits per heavy atom. The third-order valence-corrected chi connectivity index (χ3v) is 5.38. The number of ether oxygens (including phenoxy) is 2. The zero-order chi connectivity index (χ0) is 24.1. The van der Waals surface area contributed by atoms with Crippen molar-refractivity contribution >= 4 is 17.4 Å². The maximum atomic E-state index is 13.5. The molecule has 2 aromatic rings. The first kappa shape index (κ1) is 24.3. The van der Waals surface area contributed by atoms with Crippen molar-refractivity contribution in [2.24, 2.45) is 0 Å². The molecule has 0 aromatic heterocycles. The quantitative estimate of drug-likeness (QED) is 0.352. The van der Waals surface area contributed by atoms with E-state index in [4.69, 9.17) is 9.47 Å². The van der Waals surface area contributed by atoms with E-state index in [0.29, 0.717) is 42.3 Å². The number of nitrogens with one attached hydrogen (secondary N) is 1. The summed E-state index contributed by atoms with van der Waals surface area (Å²) in [4.78, 5) is 28.6. The van der Waals surface area contributed by atoms with Crippen LogP contribution in [0.15, 0.2) is 54.1 Å². The van der Waals surface area contributed by atoms with Crippen LogP contribution in [0.2, 0.25) is 0 Å². The Balaban J connectivity index is 2.05. The van der Waals surface area contributed by atoms with Crippen LogP contribution in [0.25, 0.3) is 5.76 Å². The number of hydrogen-bond donors (Lipinski definition) is 1. The number of hydrogen-bond acceptors (Lipinski definition) is 5. The molecular weight excluding hydrogens is 420 g/mol. The van der Waals surface area contributed by atoms with Gasteiger partial charge in [-0.05, 0) is 56.2 Å². The summed E-state index contributed by atoms with van der Waals surface area (Å²) in [5, 5.41) is 13.5. The largest absolute Gasteiger partial charge is 0.872 e. The number of Topliss-reactive ketones (excluding diaryl/α,β-unsaturated/α-hetero) is 1. The Morgan fingerprint density at radius 3 is 2.18 bits per heavy atom. The van der Waals surface area contributed by atoms with Crippen molar-refractivity contribution in [1.29, 1.82) is 0 Å². The Bertz CT molecular complexity index is 1010. The van der Waals surface area contributed by atoms with Crippen molar-refractivity contribution in [2.75, 3.05) is 33.8 Å². The Kier molecular flexibility index (Phi) is 7.76. The zero-order valence-corrected chi connectivity index (χ0v) is 19.9. The van der Waals surface area contributed by atoms with Gasteiger partial charge >= 0.3 is 0 Å². The summed E-state index contributed by atoms with van der Waals surface area (Å²) in [6, 6.07) is 13.1. The number of benzene rings is 2. The SMILES string of the molecule is CCOc1ccc(C2/C(=C(\[O-])c3ccc(OC(C)C)cc3)C(=O)C(=O)N2CC[NH+](C)C)cc1. The molecule has 7 nitrogen and oxygen atoms in total. The first-order valence-corrected chi connectivity index (χ1v) is 11.3. The van der Waals surface area contributed by atoms with Gasteiger partial charge in [0.25, 0.3) is 5.91 Å². The lowest BCUT2D eigenvalue weighted by Crippen LogP contribution is -3.06. The molecule has 176 valence electrons. The highest BCUT2D eigenvalue weighted by Crippen LogP contribution is 2.39. The standard InChI is InChI=1S/C26H32N2O5/c1-6-32-20-11-7-18(8-12-20)23-22(25(30)26(31)28(23)16-15-27(4)5)24(29)19-9-13-21(14-10-19)33-17(2)3/h7-14,17,23,29H,6,15-16H2,1-5H3/b24-22+. The first-order chi connectivity index (χ1) is 15.7. The second kappa shape index (κ2) is 10.5. The third-order valence-electron chi connectivity index (χ3n) is 5.38. The molecule has 1 atom stereocenters. The second-order valence-electron chi connectivity index (χ2n) is 8.62. The lowest BCUT2D eigenvalue weighted by molar-refractivity contribution is -0.857. The molecule has 1 saturated heterocycles. The number of nitrogens with zero attached hydrogens (tertiary/aromatic N) is 1. The number of carbonyl (C=O) groups is 2. The maximum absolute atomic E-state index is 13.5. The highest BCUT2D eigenvalue weighted by Gasteiger charge is 2.44. The summed E-state index contributed by atoms with van der Waals surface area (Å²) in [5.41, 5.74) is 1.03. The fraction of sp³-hybridized carbons (Fsp3) is 0.385. The molecule has 0 radical (unpaired) electrons. The fourth-order valence-corrected chi connectivity index (χ4v) is 3.82. The molecule has 1 unspecified atom stereocenters. The van der Waals surface area contributed by atoms with E-state index in [2.05, 4.69) is 0 Å². The fourth-order valence-electron chi connectivity index (χ4n) is 3.82. The molecule has 3 rings (SSSR count). The number of quaternary nitrogens is 1. The number of amides is 1. The number of carbonyl (C=O) groups excluding carboxylic acids is 2. The number of likely N-dealkylation sites (N-methyl/N-ethyl adjacent to an activating group) is 1. The van der Waals surface area contributed by atoms with Crippen LogP contribution in [-0.2, 0) is 9.59 Å². The van der Waals surface area contributed by atoms with Crippen molar-refractivity contribution in [3.63, 3.8) is 0 Å². The van der Waals surface area contributed by atoms with Gasteiger partial charge in [-0.3, -0.25) is 9.59 Å². The average molecular weight is 453 g/mol. The Morgan fingerprint density at radius 2 is 1.64 bits per heavy atom. The summed E-state index contributed by atoms with van der Waals surface area (Å²) in [7, 11) is 3.95. The lowest BCUT2D eigenvalue weighted by Gasteiger charge is -2.28. The lowest BCUT2D eigenvalue weighted by atomic mass is 9.95. The maximum Gasteiger partial charge on any atom is 0.295 e. The molecule has 0 aliphatic carbocycles. The van der Waals surface area contributed by atoms with Crippen molar-refractivity contribution in [1.82, 2.24) is 4.90 Å². The first-order valence-electron chi connectivity index (χ1n) is 11.3. The number of likely N-dealkylation sites (tertiary alicyclic amines) is 1. The highest BCUT2D eigenvalue weighted by molar-refractivity contribution is 6.46. The van der Waals surface area contributed by atoms with Gasteiger partial charge in [-0.25, -0.2) is 0 Å². The topological polar surface area (TPSA) is 83.3 Å².